The van der Waals surface area contributed by atoms with E-state index in [0.29, 0.717) is 17.0 Å². The van der Waals surface area contributed by atoms with Crippen molar-refractivity contribution in [3.8, 4) is 17.1 Å². The summed E-state index contributed by atoms with van der Waals surface area (Å²) in [5.41, 5.74) is 4.98. The van der Waals surface area contributed by atoms with Crippen LogP contribution in [0.25, 0.3) is 11.3 Å². The van der Waals surface area contributed by atoms with Crippen LogP contribution >= 0.6 is 0 Å². The van der Waals surface area contributed by atoms with Gasteiger partial charge in [-0.05, 0) is 69.2 Å². The molecule has 0 aliphatic rings. The van der Waals surface area contributed by atoms with Gasteiger partial charge in [0.15, 0.2) is 5.76 Å². The Labute approximate surface area is 165 Å². The third kappa shape index (κ3) is 3.38. The molecule has 0 aliphatic heterocycles. The Kier molecular flexibility index (Phi) is 5.21. The first-order chi connectivity index (χ1) is 13.2. The van der Waals surface area contributed by atoms with Gasteiger partial charge in [0.2, 0.25) is 0 Å². The van der Waals surface area contributed by atoms with Crippen LogP contribution < -0.4 is 9.04 Å². The van der Waals surface area contributed by atoms with Crippen molar-refractivity contribution in [1.82, 2.24) is 5.16 Å². The lowest BCUT2D eigenvalue weighted by atomic mass is 10.1. The number of sulfonamides is 1. The molecule has 0 N–H and O–H groups in total. The highest BCUT2D eigenvalue weighted by molar-refractivity contribution is 7.93. The van der Waals surface area contributed by atoms with E-state index in [-0.39, 0.29) is 10.6 Å². The van der Waals surface area contributed by atoms with Crippen molar-refractivity contribution in [3.63, 3.8) is 0 Å². The van der Waals surface area contributed by atoms with E-state index >= 15 is 0 Å². The highest BCUT2D eigenvalue weighted by Crippen LogP contribution is 2.35. The predicted molar refractivity (Wildman–Crippen MR) is 109 cm³/mol. The molecule has 0 saturated carbocycles. The molecule has 1 heterocycles. The fraction of sp³-hybridized carbons (Fsp3) is 0.286. The molecule has 1 aromatic heterocycles. The van der Waals surface area contributed by atoms with Gasteiger partial charge in [-0.1, -0.05) is 11.2 Å². The number of rotatable bonds is 5. The number of benzene rings is 2. The lowest BCUT2D eigenvalue weighted by molar-refractivity contribution is 0.402. The molecular weight excluding hydrogens is 376 g/mol. The van der Waals surface area contributed by atoms with Crippen molar-refractivity contribution in [1.29, 1.82) is 0 Å². The van der Waals surface area contributed by atoms with E-state index in [0.717, 1.165) is 22.4 Å². The SMILES string of the molecule is COc1ccc(-c2onc(C)c2C)cc1S(=O)(=O)N(C)c1ccc(C)c(C)c1. The van der Waals surface area contributed by atoms with Gasteiger partial charge in [-0.15, -0.1) is 0 Å². The van der Waals surface area contributed by atoms with E-state index in [1.165, 1.54) is 18.5 Å². The van der Waals surface area contributed by atoms with Crippen LogP contribution in [-0.4, -0.2) is 27.7 Å². The Morgan fingerprint density at radius 3 is 2.29 bits per heavy atom. The molecule has 2 aromatic carbocycles. The zero-order valence-corrected chi connectivity index (χ0v) is 17.7. The normalized spacial score (nSPS) is 11.5. The summed E-state index contributed by atoms with van der Waals surface area (Å²) >= 11 is 0. The Morgan fingerprint density at radius 1 is 1.00 bits per heavy atom. The lowest BCUT2D eigenvalue weighted by Gasteiger charge is -2.22. The van der Waals surface area contributed by atoms with E-state index in [2.05, 4.69) is 5.16 Å². The summed E-state index contributed by atoms with van der Waals surface area (Å²) in [6.45, 7) is 7.68. The average molecular weight is 401 g/mol. The van der Waals surface area contributed by atoms with Gasteiger partial charge in [0, 0.05) is 18.2 Å². The second-order valence-corrected chi connectivity index (χ2v) is 8.77. The van der Waals surface area contributed by atoms with Crippen molar-refractivity contribution in [3.05, 3.63) is 58.8 Å². The van der Waals surface area contributed by atoms with Crippen LogP contribution in [0.4, 0.5) is 5.69 Å². The molecule has 7 heteroatoms. The van der Waals surface area contributed by atoms with Crippen molar-refractivity contribution < 1.29 is 17.7 Å². The topological polar surface area (TPSA) is 72.6 Å². The number of ether oxygens (including phenoxy) is 1. The third-order valence-corrected chi connectivity index (χ3v) is 6.88. The van der Waals surface area contributed by atoms with E-state index < -0.39 is 10.0 Å². The number of nitrogens with zero attached hydrogens (tertiary/aromatic N) is 2. The minimum absolute atomic E-state index is 0.0710. The van der Waals surface area contributed by atoms with Crippen molar-refractivity contribution in [2.24, 2.45) is 0 Å². The van der Waals surface area contributed by atoms with Crippen molar-refractivity contribution in [2.75, 3.05) is 18.5 Å². The number of hydrogen-bond donors (Lipinski definition) is 0. The van der Waals surface area contributed by atoms with Crippen LogP contribution in [0, 0.1) is 27.7 Å². The molecule has 0 aliphatic carbocycles. The van der Waals surface area contributed by atoms with Crippen LogP contribution in [0.5, 0.6) is 5.75 Å². The van der Waals surface area contributed by atoms with Gasteiger partial charge in [-0.2, -0.15) is 0 Å². The Bertz CT molecular complexity index is 1130. The molecule has 0 unspecified atom stereocenters. The van der Waals surface area contributed by atoms with Crippen LogP contribution in [-0.2, 0) is 10.0 Å². The maximum atomic E-state index is 13.4. The smallest absolute Gasteiger partial charge is 0.267 e. The van der Waals surface area contributed by atoms with E-state index in [4.69, 9.17) is 9.26 Å². The molecule has 148 valence electrons. The first-order valence-electron chi connectivity index (χ1n) is 8.84. The fourth-order valence-electron chi connectivity index (χ4n) is 2.91. The average Bonchev–Trinajstić information content (AvgIpc) is 3.01. The zero-order chi connectivity index (χ0) is 20.6. The Balaban J connectivity index is 2.13. The van der Waals surface area contributed by atoms with Crippen molar-refractivity contribution >= 4 is 15.7 Å². The number of aryl methyl sites for hydroxylation is 3. The molecule has 3 rings (SSSR count). The summed E-state index contributed by atoms with van der Waals surface area (Å²) in [6, 6.07) is 10.5. The van der Waals surface area contributed by atoms with E-state index in [1.54, 1.807) is 24.3 Å². The molecule has 0 atom stereocenters. The second-order valence-electron chi connectivity index (χ2n) is 6.83. The second kappa shape index (κ2) is 7.31. The minimum Gasteiger partial charge on any atom is -0.495 e. The fourth-order valence-corrected chi connectivity index (χ4v) is 4.28. The minimum atomic E-state index is -3.85. The molecule has 0 bridgehead atoms. The molecule has 6 nitrogen and oxygen atoms in total. The van der Waals surface area contributed by atoms with Crippen molar-refractivity contribution in [2.45, 2.75) is 32.6 Å². The van der Waals surface area contributed by atoms with E-state index in [1.807, 2.05) is 39.8 Å². The number of hydrogen-bond acceptors (Lipinski definition) is 5. The first kappa shape index (κ1) is 19.9. The summed E-state index contributed by atoms with van der Waals surface area (Å²) in [5.74, 6) is 0.818. The molecule has 0 saturated heterocycles. The van der Waals surface area contributed by atoms with Gasteiger partial charge >= 0.3 is 0 Å². The quantitative estimate of drug-likeness (QED) is 0.634. The standard InChI is InChI=1S/C21H24N2O4S/c1-13-7-9-18(11-14(13)2)23(5)28(24,25)20-12-17(8-10-19(20)26-6)21-15(3)16(4)22-27-21/h7-12H,1-6H3. The monoisotopic (exact) mass is 400 g/mol. The molecule has 3 aromatic rings. The third-order valence-electron chi connectivity index (χ3n) is 5.08. The summed E-state index contributed by atoms with van der Waals surface area (Å²) in [5, 5.41) is 3.96. The summed E-state index contributed by atoms with van der Waals surface area (Å²) < 4.78 is 38.8. The number of aromatic nitrogens is 1. The van der Waals surface area contributed by atoms with Crippen LogP contribution in [0.1, 0.15) is 22.4 Å². The number of anilines is 1. The maximum absolute atomic E-state index is 13.4. The highest BCUT2D eigenvalue weighted by Gasteiger charge is 2.27. The van der Waals surface area contributed by atoms with Gasteiger partial charge in [0.05, 0.1) is 18.5 Å². The Morgan fingerprint density at radius 2 is 1.71 bits per heavy atom. The van der Waals surface area contributed by atoms with Gasteiger partial charge in [0.1, 0.15) is 10.6 Å². The van der Waals surface area contributed by atoms with Gasteiger partial charge in [0.25, 0.3) is 10.0 Å². The highest BCUT2D eigenvalue weighted by atomic mass is 32.2. The molecule has 0 spiro atoms. The number of methoxy groups -OCH3 is 1. The lowest BCUT2D eigenvalue weighted by Crippen LogP contribution is -2.27. The molecule has 0 fully saturated rings. The molecule has 28 heavy (non-hydrogen) atoms. The van der Waals surface area contributed by atoms with Crippen LogP contribution in [0.2, 0.25) is 0 Å². The van der Waals surface area contributed by atoms with Crippen LogP contribution in [0.3, 0.4) is 0 Å². The predicted octanol–water partition coefficient (Wildman–Crippen LogP) is 4.41. The molecular formula is C21H24N2O4S. The zero-order valence-electron chi connectivity index (χ0n) is 16.9. The first-order valence-corrected chi connectivity index (χ1v) is 10.3. The summed E-state index contributed by atoms with van der Waals surface area (Å²) in [6.07, 6.45) is 0. The summed E-state index contributed by atoms with van der Waals surface area (Å²) in [7, 11) is -0.865. The largest absolute Gasteiger partial charge is 0.495 e. The van der Waals surface area contributed by atoms with Gasteiger partial charge in [-0.25, -0.2) is 8.42 Å². The maximum Gasteiger partial charge on any atom is 0.267 e. The summed E-state index contributed by atoms with van der Waals surface area (Å²) in [4.78, 5) is 0.0710. The molecule has 0 amide bonds. The molecule has 0 radical (unpaired) electrons. The Hall–Kier alpha value is -2.80. The van der Waals surface area contributed by atoms with Crippen LogP contribution in [0.15, 0.2) is 45.8 Å². The van der Waals surface area contributed by atoms with Gasteiger partial charge < -0.3 is 9.26 Å². The van der Waals surface area contributed by atoms with E-state index in [9.17, 15) is 8.42 Å². The van der Waals surface area contributed by atoms with Gasteiger partial charge in [-0.3, -0.25) is 4.31 Å².